The molecule has 3 aromatic rings. The molecule has 1 aliphatic heterocycles. The molecule has 0 radical (unpaired) electrons. The first kappa shape index (κ1) is 30.0. The number of piperidine rings is 1. The van der Waals surface area contributed by atoms with Crippen molar-refractivity contribution < 1.29 is 18.3 Å². The van der Waals surface area contributed by atoms with Gasteiger partial charge in [0, 0.05) is 61.1 Å². The van der Waals surface area contributed by atoms with E-state index in [9.17, 15) is 13.9 Å². The fraction of sp³-hybridized carbons (Fsp3) is 0.571. The zero-order valence-electron chi connectivity index (χ0n) is 25.7. The Balaban J connectivity index is 1.47. The molecular formula is C35H43F3N4O. The van der Waals surface area contributed by atoms with Gasteiger partial charge in [0.15, 0.2) is 6.17 Å². The number of benzene rings is 1. The van der Waals surface area contributed by atoms with E-state index in [2.05, 4.69) is 28.7 Å². The van der Waals surface area contributed by atoms with Crippen LogP contribution >= 0.6 is 0 Å². The Morgan fingerprint density at radius 1 is 0.884 bits per heavy atom. The molecule has 43 heavy (non-hydrogen) atoms. The molecule has 2 aromatic heterocycles. The third kappa shape index (κ3) is 6.17. The molecule has 2 aliphatic carbocycles. The lowest BCUT2D eigenvalue weighted by molar-refractivity contribution is -0.0385. The molecule has 8 heteroatoms. The number of rotatable bonds is 5. The van der Waals surface area contributed by atoms with Gasteiger partial charge in [0.1, 0.15) is 0 Å². The summed E-state index contributed by atoms with van der Waals surface area (Å²) in [6.07, 6.45) is 4.19. The summed E-state index contributed by atoms with van der Waals surface area (Å²) in [6.45, 7) is 9.61. The van der Waals surface area contributed by atoms with Gasteiger partial charge in [0.2, 0.25) is 11.9 Å². The average Bonchev–Trinajstić information content (AvgIpc) is 2.96. The van der Waals surface area contributed by atoms with Crippen LogP contribution in [-0.4, -0.2) is 39.1 Å². The molecular weight excluding hydrogens is 549 g/mol. The monoisotopic (exact) mass is 592 g/mol. The van der Waals surface area contributed by atoms with E-state index in [4.69, 9.17) is 4.98 Å². The van der Waals surface area contributed by atoms with Crippen molar-refractivity contribution in [3.05, 3.63) is 81.4 Å². The number of alkyl halides is 3. The summed E-state index contributed by atoms with van der Waals surface area (Å²) in [5.74, 6) is -2.26. The Kier molecular flexibility index (Phi) is 8.03. The zero-order chi connectivity index (χ0) is 30.5. The highest BCUT2D eigenvalue weighted by molar-refractivity contribution is 5.51. The smallest absolute Gasteiger partial charge is 0.248 e. The molecule has 5 nitrogen and oxygen atoms in total. The average molecular weight is 593 g/mol. The zero-order valence-corrected chi connectivity index (χ0v) is 25.7. The van der Waals surface area contributed by atoms with Crippen LogP contribution in [0.15, 0.2) is 36.7 Å². The van der Waals surface area contributed by atoms with Crippen LogP contribution < -0.4 is 4.90 Å². The van der Waals surface area contributed by atoms with Crippen LogP contribution in [0.3, 0.4) is 0 Å². The highest BCUT2D eigenvalue weighted by Gasteiger charge is 2.43. The third-order valence-electron chi connectivity index (χ3n) is 9.83. The summed E-state index contributed by atoms with van der Waals surface area (Å²) in [5.41, 5.74) is 5.94. The van der Waals surface area contributed by atoms with E-state index in [0.717, 1.165) is 40.9 Å². The summed E-state index contributed by atoms with van der Waals surface area (Å²) < 4.78 is 45.9. The maximum atomic E-state index is 17.1. The normalized spacial score (nSPS) is 23.2. The standard InChI is InChI=1S/C35H43F3N4O/c1-21-5-7-24(8-6-21)31(36)30-28(23-9-13-35(37,38)14-10-23)29-26(17-34(3,4)18-27(29)43)41-32(30)25-11-15-42(16-12-25)33-39-19-22(2)20-40-33/h5-8,19-20,23,25,27,31,43H,9-18H2,1-4H3/t27-,31-/m0/s1. The van der Waals surface area contributed by atoms with E-state index in [0.29, 0.717) is 48.6 Å². The van der Waals surface area contributed by atoms with Crippen LogP contribution in [0.5, 0.6) is 0 Å². The summed E-state index contributed by atoms with van der Waals surface area (Å²) >= 11 is 0. The van der Waals surface area contributed by atoms with Crippen molar-refractivity contribution in [2.45, 2.75) is 109 Å². The highest BCUT2D eigenvalue weighted by atomic mass is 19.3. The van der Waals surface area contributed by atoms with Gasteiger partial charge in [-0.25, -0.2) is 23.1 Å². The summed E-state index contributed by atoms with van der Waals surface area (Å²) in [4.78, 5) is 16.4. The number of hydrogen-bond donors (Lipinski definition) is 1. The van der Waals surface area contributed by atoms with Crippen molar-refractivity contribution in [1.29, 1.82) is 0 Å². The molecule has 2 atom stereocenters. The predicted molar refractivity (Wildman–Crippen MR) is 163 cm³/mol. The Hall–Kier alpha value is -3.00. The Morgan fingerprint density at radius 2 is 1.51 bits per heavy atom. The topological polar surface area (TPSA) is 62.1 Å². The molecule has 2 fully saturated rings. The fourth-order valence-electron chi connectivity index (χ4n) is 7.51. The molecule has 1 aromatic carbocycles. The van der Waals surface area contributed by atoms with Crippen LogP contribution in [0.4, 0.5) is 19.1 Å². The van der Waals surface area contributed by atoms with Crippen molar-refractivity contribution in [3.63, 3.8) is 0 Å². The number of anilines is 1. The van der Waals surface area contributed by atoms with Crippen molar-refractivity contribution in [2.24, 2.45) is 5.41 Å². The summed E-state index contributed by atoms with van der Waals surface area (Å²) in [7, 11) is 0. The van der Waals surface area contributed by atoms with Crippen molar-refractivity contribution in [2.75, 3.05) is 18.0 Å². The number of aryl methyl sites for hydroxylation is 2. The molecule has 1 N–H and O–H groups in total. The van der Waals surface area contributed by atoms with Gasteiger partial charge >= 0.3 is 0 Å². The molecule has 0 spiro atoms. The van der Waals surface area contributed by atoms with Gasteiger partial charge < -0.3 is 10.0 Å². The first-order valence-electron chi connectivity index (χ1n) is 15.8. The lowest BCUT2D eigenvalue weighted by Gasteiger charge is -2.41. The number of halogens is 3. The lowest BCUT2D eigenvalue weighted by atomic mass is 9.68. The first-order valence-corrected chi connectivity index (χ1v) is 15.8. The Morgan fingerprint density at radius 3 is 2.14 bits per heavy atom. The highest BCUT2D eigenvalue weighted by Crippen LogP contribution is 2.52. The molecule has 1 saturated carbocycles. The van der Waals surface area contributed by atoms with E-state index < -0.39 is 18.2 Å². The molecule has 3 heterocycles. The van der Waals surface area contributed by atoms with Gasteiger partial charge in [0.05, 0.1) is 11.8 Å². The second-order valence-corrected chi connectivity index (χ2v) is 14.0. The van der Waals surface area contributed by atoms with E-state index in [1.165, 1.54) is 0 Å². The maximum absolute atomic E-state index is 17.1. The molecule has 0 unspecified atom stereocenters. The van der Waals surface area contributed by atoms with E-state index in [-0.39, 0.29) is 42.9 Å². The quantitative estimate of drug-likeness (QED) is 0.323. The molecule has 230 valence electrons. The van der Waals surface area contributed by atoms with Crippen molar-refractivity contribution >= 4 is 5.95 Å². The Labute approximate surface area is 253 Å². The van der Waals surface area contributed by atoms with Gasteiger partial charge in [-0.15, -0.1) is 0 Å². The second-order valence-electron chi connectivity index (χ2n) is 14.0. The number of aromatic nitrogens is 3. The SMILES string of the molecule is Cc1ccc([C@H](F)c2c(C3CCN(c4ncc(C)cn4)CC3)nc3c(c2C2CCC(F)(F)CC2)[C@@H](O)CC(C)(C)C3)cc1. The van der Waals surface area contributed by atoms with Crippen LogP contribution in [0.1, 0.15) is 128 Å². The predicted octanol–water partition coefficient (Wildman–Crippen LogP) is 8.23. The molecule has 3 aliphatic rings. The first-order chi connectivity index (χ1) is 20.4. The van der Waals surface area contributed by atoms with Gasteiger partial charge in [-0.05, 0) is 80.4 Å². The van der Waals surface area contributed by atoms with Gasteiger partial charge in [0.25, 0.3) is 0 Å². The lowest BCUT2D eigenvalue weighted by Crippen LogP contribution is -2.36. The minimum absolute atomic E-state index is 0.00309. The van der Waals surface area contributed by atoms with Gasteiger partial charge in [-0.1, -0.05) is 43.7 Å². The van der Waals surface area contributed by atoms with Crippen molar-refractivity contribution in [3.8, 4) is 0 Å². The van der Waals surface area contributed by atoms with E-state index in [1.807, 2.05) is 50.5 Å². The van der Waals surface area contributed by atoms with E-state index >= 15 is 4.39 Å². The van der Waals surface area contributed by atoms with Crippen LogP contribution in [0.2, 0.25) is 0 Å². The maximum Gasteiger partial charge on any atom is 0.248 e. The molecule has 1 saturated heterocycles. The fourth-order valence-corrected chi connectivity index (χ4v) is 7.51. The van der Waals surface area contributed by atoms with Crippen LogP contribution in [0, 0.1) is 19.3 Å². The minimum atomic E-state index is -2.70. The minimum Gasteiger partial charge on any atom is -0.388 e. The second kappa shape index (κ2) is 11.5. The largest absolute Gasteiger partial charge is 0.388 e. The number of aliphatic hydroxyl groups is 1. The molecule has 0 amide bonds. The van der Waals surface area contributed by atoms with Crippen molar-refractivity contribution in [1.82, 2.24) is 15.0 Å². The number of fused-ring (bicyclic) bond motifs is 1. The number of aliphatic hydroxyl groups excluding tert-OH is 1. The van der Waals surface area contributed by atoms with Crippen LogP contribution in [-0.2, 0) is 6.42 Å². The third-order valence-corrected chi connectivity index (χ3v) is 9.83. The Bertz CT molecular complexity index is 1440. The summed E-state index contributed by atoms with van der Waals surface area (Å²) in [5, 5.41) is 11.6. The molecule has 6 rings (SSSR count). The van der Waals surface area contributed by atoms with Crippen LogP contribution in [0.25, 0.3) is 0 Å². The molecule has 0 bridgehead atoms. The van der Waals surface area contributed by atoms with Gasteiger partial charge in [-0.2, -0.15) is 0 Å². The number of nitrogens with zero attached hydrogens (tertiary/aromatic N) is 4. The van der Waals surface area contributed by atoms with E-state index in [1.54, 1.807) is 0 Å². The van der Waals surface area contributed by atoms with Gasteiger partial charge in [-0.3, -0.25) is 4.98 Å². The summed E-state index contributed by atoms with van der Waals surface area (Å²) in [6, 6.07) is 7.45. The number of hydrogen-bond acceptors (Lipinski definition) is 5. The number of pyridine rings is 1.